The van der Waals surface area contributed by atoms with Crippen molar-refractivity contribution in [3.63, 3.8) is 0 Å². The summed E-state index contributed by atoms with van der Waals surface area (Å²) < 4.78 is 16.3. The number of esters is 1. The molecule has 3 aliphatic rings. The molecule has 0 amide bonds. The monoisotopic (exact) mass is 381 g/mol. The number of aliphatic imine (C=N–C) groups is 1. The molecule has 0 saturated heterocycles. The van der Waals surface area contributed by atoms with Crippen LogP contribution in [0.4, 0.5) is 5.69 Å². The van der Waals surface area contributed by atoms with Crippen molar-refractivity contribution in [1.29, 1.82) is 0 Å². The molecule has 2 aliphatic carbocycles. The Morgan fingerprint density at radius 3 is 2.61 bits per heavy atom. The number of aromatic nitrogens is 1. The zero-order chi connectivity index (χ0) is 19.1. The average Bonchev–Trinajstić information content (AvgIpc) is 3.47. The van der Waals surface area contributed by atoms with Crippen LogP contribution in [-0.4, -0.2) is 30.3 Å². The smallest absolute Gasteiger partial charge is 0.359 e. The summed E-state index contributed by atoms with van der Waals surface area (Å²) in [4.78, 5) is 17.2. The number of nitrogens with zero attached hydrogens (tertiary/aromatic N) is 2. The van der Waals surface area contributed by atoms with Crippen molar-refractivity contribution < 1.29 is 18.8 Å². The zero-order valence-corrected chi connectivity index (χ0v) is 15.9. The highest BCUT2D eigenvalue weighted by molar-refractivity contribution is 5.96. The number of hydrogen-bond donors (Lipinski definition) is 1. The molecule has 0 unspecified atom stereocenters. The van der Waals surface area contributed by atoms with Gasteiger partial charge in [0.2, 0.25) is 0 Å². The van der Waals surface area contributed by atoms with Gasteiger partial charge in [0.05, 0.1) is 6.61 Å². The van der Waals surface area contributed by atoms with E-state index in [1.165, 1.54) is 41.4 Å². The van der Waals surface area contributed by atoms with Crippen molar-refractivity contribution in [2.75, 3.05) is 18.5 Å². The largest absolute Gasteiger partial charge is 0.463 e. The molecule has 28 heavy (non-hydrogen) atoms. The van der Waals surface area contributed by atoms with Crippen LogP contribution in [0.1, 0.15) is 47.7 Å². The van der Waals surface area contributed by atoms with Crippen LogP contribution in [0.2, 0.25) is 0 Å². The summed E-state index contributed by atoms with van der Waals surface area (Å²) in [6.45, 7) is 2.13. The van der Waals surface area contributed by atoms with E-state index in [1.54, 1.807) is 13.0 Å². The molecule has 0 bridgehead atoms. The summed E-state index contributed by atoms with van der Waals surface area (Å²) >= 11 is 0. The van der Waals surface area contributed by atoms with E-state index in [0.29, 0.717) is 11.7 Å². The maximum absolute atomic E-state index is 12.7. The molecule has 7 heteroatoms. The Kier molecular flexibility index (Phi) is 4.10. The number of fused-ring (bicyclic) bond motifs is 2. The highest BCUT2D eigenvalue weighted by Crippen LogP contribution is 2.40. The fourth-order valence-electron chi connectivity index (χ4n) is 4.56. The van der Waals surface area contributed by atoms with E-state index >= 15 is 0 Å². The van der Waals surface area contributed by atoms with Gasteiger partial charge >= 0.3 is 5.97 Å². The summed E-state index contributed by atoms with van der Waals surface area (Å²) in [7, 11) is 0. The molecule has 5 rings (SSSR count). The summed E-state index contributed by atoms with van der Waals surface area (Å²) in [5, 5.41) is 7.35. The maximum atomic E-state index is 12.7. The van der Waals surface area contributed by atoms with Crippen LogP contribution in [0.5, 0.6) is 0 Å². The second kappa shape index (κ2) is 6.65. The quantitative estimate of drug-likeness (QED) is 0.820. The van der Waals surface area contributed by atoms with E-state index in [-0.39, 0.29) is 13.2 Å². The number of rotatable bonds is 4. The molecule has 0 saturated carbocycles. The van der Waals surface area contributed by atoms with Crippen LogP contribution in [0.25, 0.3) is 0 Å². The molecule has 1 aliphatic heterocycles. The minimum atomic E-state index is -1.40. The number of benzene rings is 1. The highest BCUT2D eigenvalue weighted by Gasteiger charge is 2.51. The van der Waals surface area contributed by atoms with Gasteiger partial charge in [0, 0.05) is 11.8 Å². The molecular formula is C21H23N3O4. The zero-order valence-electron chi connectivity index (χ0n) is 15.9. The number of nitrogens with one attached hydrogen (secondary N) is 1. The van der Waals surface area contributed by atoms with Crippen LogP contribution in [-0.2, 0) is 45.6 Å². The van der Waals surface area contributed by atoms with Gasteiger partial charge < -0.3 is 19.3 Å². The topological polar surface area (TPSA) is 86.0 Å². The first-order chi connectivity index (χ1) is 13.7. The molecule has 0 spiro atoms. The fraction of sp³-hybridized carbons (Fsp3) is 0.476. The first-order valence-electron chi connectivity index (χ1n) is 9.96. The van der Waals surface area contributed by atoms with E-state index < -0.39 is 11.6 Å². The number of ether oxygens (including phenoxy) is 2. The van der Waals surface area contributed by atoms with Crippen molar-refractivity contribution in [3.8, 4) is 0 Å². The van der Waals surface area contributed by atoms with Crippen molar-refractivity contribution in [1.82, 2.24) is 5.16 Å². The minimum Gasteiger partial charge on any atom is -0.463 e. The molecule has 146 valence electrons. The minimum absolute atomic E-state index is 0.109. The van der Waals surface area contributed by atoms with Crippen molar-refractivity contribution >= 4 is 17.7 Å². The summed E-state index contributed by atoms with van der Waals surface area (Å²) in [5.41, 5.74) is 5.68. The lowest BCUT2D eigenvalue weighted by Crippen LogP contribution is -2.42. The van der Waals surface area contributed by atoms with Gasteiger partial charge in [-0.3, -0.25) is 0 Å². The average molecular weight is 381 g/mol. The van der Waals surface area contributed by atoms with Gasteiger partial charge in [0.1, 0.15) is 18.5 Å². The summed E-state index contributed by atoms with van der Waals surface area (Å²) in [6, 6.07) is 4.34. The molecule has 0 fully saturated rings. The van der Waals surface area contributed by atoms with E-state index in [0.717, 1.165) is 31.4 Å². The van der Waals surface area contributed by atoms with E-state index in [1.807, 2.05) is 0 Å². The third-order valence-electron chi connectivity index (χ3n) is 5.88. The third-order valence-corrected chi connectivity index (χ3v) is 5.88. The Morgan fingerprint density at radius 1 is 1.21 bits per heavy atom. The first kappa shape index (κ1) is 17.3. The van der Waals surface area contributed by atoms with Gasteiger partial charge in [0.25, 0.3) is 11.6 Å². The van der Waals surface area contributed by atoms with Gasteiger partial charge in [0.15, 0.2) is 0 Å². The van der Waals surface area contributed by atoms with Gasteiger partial charge in [-0.2, -0.15) is 0 Å². The number of amidine groups is 1. The molecule has 7 nitrogen and oxygen atoms in total. The lowest BCUT2D eigenvalue weighted by Gasteiger charge is -2.24. The van der Waals surface area contributed by atoms with Crippen LogP contribution in [0, 0.1) is 0 Å². The molecule has 1 aromatic heterocycles. The Hall–Kier alpha value is -2.83. The number of aryl methyl sites for hydroxylation is 2. The Bertz CT molecular complexity index is 919. The number of carbonyl (C=O) groups is 1. The van der Waals surface area contributed by atoms with Gasteiger partial charge in [-0.1, -0.05) is 11.2 Å². The molecule has 1 N–H and O–H groups in total. The third kappa shape index (κ3) is 2.60. The predicted molar refractivity (Wildman–Crippen MR) is 102 cm³/mol. The normalized spacial score (nSPS) is 22.4. The Morgan fingerprint density at radius 2 is 1.96 bits per heavy atom. The fourth-order valence-corrected chi connectivity index (χ4v) is 4.56. The molecule has 1 aromatic carbocycles. The van der Waals surface area contributed by atoms with Gasteiger partial charge in [-0.25, -0.2) is 9.79 Å². The standard InChI is InChI=1S/C21H23N3O4/c1-2-26-19(25)21(17-9-10-27-24-17)12-22-20(28-21)23-18-15-7-3-5-13(15)11-14-6-4-8-16(14)18/h9-11H,2-8,12H2,1H3,(H,22,23)/t21-/m0/s1. The van der Waals surface area contributed by atoms with Crippen LogP contribution >= 0.6 is 0 Å². The van der Waals surface area contributed by atoms with E-state index in [9.17, 15) is 4.79 Å². The lowest BCUT2D eigenvalue weighted by atomic mass is 9.99. The van der Waals surface area contributed by atoms with Gasteiger partial charge in [-0.05, 0) is 67.7 Å². The SMILES string of the molecule is CCOC(=O)[C@@]1(c2ccon2)CN=C(Nc2c3c(cc4c2CCC4)CCC3)O1. The van der Waals surface area contributed by atoms with Crippen molar-refractivity contribution in [2.45, 2.75) is 51.0 Å². The summed E-state index contributed by atoms with van der Waals surface area (Å²) in [6.07, 6.45) is 8.13. The Labute approximate surface area is 163 Å². The van der Waals surface area contributed by atoms with Gasteiger partial charge in [-0.15, -0.1) is 0 Å². The second-order valence-corrected chi connectivity index (χ2v) is 7.51. The van der Waals surface area contributed by atoms with Crippen molar-refractivity contribution in [2.24, 2.45) is 4.99 Å². The van der Waals surface area contributed by atoms with Crippen LogP contribution < -0.4 is 5.32 Å². The first-order valence-corrected chi connectivity index (χ1v) is 9.96. The van der Waals surface area contributed by atoms with Crippen LogP contribution in [0.15, 0.2) is 27.9 Å². The van der Waals surface area contributed by atoms with E-state index in [2.05, 4.69) is 21.5 Å². The van der Waals surface area contributed by atoms with E-state index in [4.69, 9.17) is 14.0 Å². The second-order valence-electron chi connectivity index (χ2n) is 7.51. The molecule has 2 heterocycles. The maximum Gasteiger partial charge on any atom is 0.359 e. The molecule has 0 radical (unpaired) electrons. The molecule has 1 atom stereocenters. The summed E-state index contributed by atoms with van der Waals surface area (Å²) in [5.74, 6) is -0.507. The Balaban J connectivity index is 1.46. The number of hydrogen-bond acceptors (Lipinski definition) is 7. The predicted octanol–water partition coefficient (Wildman–Crippen LogP) is 2.91. The molecule has 2 aromatic rings. The van der Waals surface area contributed by atoms with Crippen LogP contribution in [0.3, 0.4) is 0 Å². The number of anilines is 1. The number of carbonyl (C=O) groups excluding carboxylic acids is 1. The lowest BCUT2D eigenvalue weighted by molar-refractivity contribution is -0.162. The molecular weight excluding hydrogens is 358 g/mol. The van der Waals surface area contributed by atoms with Crippen molar-refractivity contribution in [3.05, 3.63) is 46.3 Å². The highest BCUT2D eigenvalue weighted by atomic mass is 16.6.